The van der Waals surface area contributed by atoms with Crippen molar-refractivity contribution in [1.29, 1.82) is 0 Å². The topological polar surface area (TPSA) is 90.9 Å². The van der Waals surface area contributed by atoms with E-state index in [1.807, 2.05) is 0 Å². The van der Waals surface area contributed by atoms with Crippen molar-refractivity contribution in [3.63, 3.8) is 0 Å². The maximum Gasteiger partial charge on any atom is 0.168 e. The van der Waals surface area contributed by atoms with Gasteiger partial charge in [0.05, 0.1) is 32.0 Å². The van der Waals surface area contributed by atoms with E-state index in [2.05, 4.69) is 346 Å². The van der Waals surface area contributed by atoms with Crippen LogP contribution in [0, 0.1) is 301 Å². The molecule has 0 bridgehead atoms. The highest BCUT2D eigenvalue weighted by Gasteiger charge is 2.56. The average Bonchev–Trinajstić information content (AvgIpc) is 1.59. The summed E-state index contributed by atoms with van der Waals surface area (Å²) in [5.74, 6) is 43.8. The Labute approximate surface area is 928 Å². The number of carbonyl (C=O) groups is 1. The van der Waals surface area contributed by atoms with Crippen LogP contribution in [0.1, 0.15) is 487 Å². The number of rotatable bonds is 24. The second-order valence-electron chi connectivity index (χ2n) is 60.8. The number of hydrogen-bond donors (Lipinski definition) is 0. The summed E-state index contributed by atoms with van der Waals surface area (Å²) in [4.78, 5) is 11.3. The van der Waals surface area contributed by atoms with Crippen molar-refractivity contribution in [1.82, 2.24) is 0 Å². The molecule has 15 rings (SSSR count). The van der Waals surface area contributed by atoms with E-state index >= 15 is 0 Å². The Morgan fingerprint density at radius 2 is 0.554 bits per heavy atom. The highest BCUT2D eigenvalue weighted by Crippen LogP contribution is 2.63. The van der Waals surface area contributed by atoms with Gasteiger partial charge >= 0.3 is 0 Å². The van der Waals surface area contributed by atoms with Crippen LogP contribution in [0.2, 0.25) is 0 Å². The van der Waals surface area contributed by atoms with Crippen molar-refractivity contribution < 1.29 is 42.7 Å². The molecule has 1 spiro atoms. The van der Waals surface area contributed by atoms with E-state index < -0.39 is 0 Å². The van der Waals surface area contributed by atoms with Crippen molar-refractivity contribution in [2.24, 2.45) is 301 Å². The first-order valence-electron chi connectivity index (χ1n) is 65.4. The van der Waals surface area contributed by atoms with E-state index in [0.29, 0.717) is 41.2 Å². The summed E-state index contributed by atoms with van der Waals surface area (Å²) >= 11 is 0. The molecule has 7 aliphatic heterocycles. The second kappa shape index (κ2) is 68.6. The summed E-state index contributed by atoms with van der Waals surface area (Å²) < 4.78 is 45.3. The number of Topliss-reactive ketones (excluding diaryl/α,β-unsaturated/α-hetero) is 1. The van der Waals surface area contributed by atoms with Gasteiger partial charge in [0.1, 0.15) is 5.78 Å². The average molecular weight is 2090 g/mol. The van der Waals surface area contributed by atoms with Crippen LogP contribution in [0.15, 0.2) is 0 Å². The van der Waals surface area contributed by atoms with Crippen LogP contribution in [-0.2, 0) is 42.7 Å². The molecule has 15 aliphatic rings. The van der Waals surface area contributed by atoms with Gasteiger partial charge in [0, 0.05) is 85.1 Å². The lowest BCUT2D eigenvalue weighted by Gasteiger charge is -2.46. The third-order valence-corrected chi connectivity index (χ3v) is 42.7. The molecule has 15 fully saturated rings. The van der Waals surface area contributed by atoms with Crippen molar-refractivity contribution in [3.05, 3.63) is 0 Å². The molecule has 0 radical (unpaired) electrons. The maximum atomic E-state index is 11.3. The van der Waals surface area contributed by atoms with Crippen molar-refractivity contribution in [2.75, 3.05) is 79.3 Å². The molecule has 7 saturated heterocycles. The molecular weight excluding hydrogens is 1810 g/mol. The molecule has 880 valence electrons. The summed E-state index contributed by atoms with van der Waals surface area (Å²) in [5, 5.41) is 0. The van der Waals surface area contributed by atoms with Gasteiger partial charge < -0.3 is 37.9 Å². The van der Waals surface area contributed by atoms with E-state index in [1.54, 1.807) is 25.7 Å². The van der Waals surface area contributed by atoms with Gasteiger partial charge in [0.2, 0.25) is 0 Å². The lowest BCUT2D eigenvalue weighted by molar-refractivity contribution is -0.201. The lowest BCUT2D eigenvalue weighted by atomic mass is 9.63. The largest absolute Gasteiger partial charge is 0.381 e. The number of carbonyl (C=O) groups excluding carboxylic acids is 1. The van der Waals surface area contributed by atoms with E-state index in [-0.39, 0.29) is 5.79 Å². The van der Waals surface area contributed by atoms with Crippen LogP contribution in [0.4, 0.5) is 0 Å². The molecule has 0 aromatic carbocycles. The van der Waals surface area contributed by atoms with Crippen LogP contribution in [0.25, 0.3) is 0 Å². The minimum Gasteiger partial charge on any atom is -0.381 e. The van der Waals surface area contributed by atoms with Crippen LogP contribution >= 0.6 is 0 Å². The molecule has 9 nitrogen and oxygen atoms in total. The van der Waals surface area contributed by atoms with Gasteiger partial charge in [-0.25, -0.2) is 0 Å². The number of ether oxygens (including phenoxy) is 8. The first kappa shape index (κ1) is 140. The lowest BCUT2D eigenvalue weighted by Crippen LogP contribution is -2.43. The molecule has 29 atom stereocenters. The molecule has 0 aromatic rings. The van der Waals surface area contributed by atoms with Gasteiger partial charge in [-0.2, -0.15) is 0 Å². The molecule has 29 unspecified atom stereocenters. The van der Waals surface area contributed by atoms with Gasteiger partial charge in [-0.15, -0.1) is 0 Å². The summed E-state index contributed by atoms with van der Waals surface area (Å²) in [6.07, 6.45) is 30.1. The highest BCUT2D eigenvalue weighted by atomic mass is 16.7. The van der Waals surface area contributed by atoms with Crippen molar-refractivity contribution in [2.45, 2.75) is 505 Å². The Hall–Kier alpha value is -0.650. The zero-order chi connectivity index (χ0) is 112. The summed E-state index contributed by atoms with van der Waals surface area (Å²) in [6.45, 7) is 128. The zero-order valence-corrected chi connectivity index (χ0v) is 109. The van der Waals surface area contributed by atoms with E-state index in [9.17, 15) is 4.79 Å². The first-order chi connectivity index (χ1) is 69.1. The Morgan fingerprint density at radius 3 is 0.865 bits per heavy atom. The fourth-order valence-electron chi connectivity index (χ4n) is 32.7. The van der Waals surface area contributed by atoms with Gasteiger partial charge in [-0.3, -0.25) is 4.79 Å². The minimum absolute atomic E-state index is 0.208. The maximum absolute atomic E-state index is 11.3. The molecule has 8 aliphatic carbocycles. The monoisotopic (exact) mass is 2080 g/mol. The summed E-state index contributed by atoms with van der Waals surface area (Å²) in [5.41, 5.74) is 0.492. The highest BCUT2D eigenvalue weighted by molar-refractivity contribution is 5.79. The normalized spacial score (nSPS) is 34.8. The Morgan fingerprint density at radius 1 is 0.243 bits per heavy atom. The molecule has 9 heteroatoms. The smallest absolute Gasteiger partial charge is 0.168 e. The first-order valence-corrected chi connectivity index (χ1v) is 65.4. The molecule has 148 heavy (non-hydrogen) atoms. The van der Waals surface area contributed by atoms with Gasteiger partial charge in [-0.05, 0) is 405 Å². The zero-order valence-electron chi connectivity index (χ0n) is 109. The Balaban J connectivity index is 0.000000337. The van der Waals surface area contributed by atoms with Gasteiger partial charge in [-0.1, -0.05) is 359 Å². The number of fused-ring (bicyclic) bond motifs is 2. The van der Waals surface area contributed by atoms with Gasteiger partial charge in [0.25, 0.3) is 0 Å². The van der Waals surface area contributed by atoms with Crippen LogP contribution in [0.5, 0.6) is 0 Å². The third kappa shape index (κ3) is 44.3. The molecular formula is C139H270O9. The van der Waals surface area contributed by atoms with E-state index in [4.69, 9.17) is 37.9 Å². The van der Waals surface area contributed by atoms with Crippen LogP contribution in [-0.4, -0.2) is 103 Å². The van der Waals surface area contributed by atoms with Crippen LogP contribution in [0.3, 0.4) is 0 Å². The SMILES string of the molecule is CC(C)C1CC2CC2C1C(C)C.CC(C)C1CC2CC2C1C(C)C.CC(C)C1CCC(=O)CC1C(C)C.CC(C)C1CCC2(CC1C(C)C)OCCO2.CC(C)C1CCCC1C(C)C.CC(C)C1CCCCC1C(C)C.CC(C)C1CCOC(C)C1C(C)C.CC(C)C1CCOC1C(C)C.CC(C)C1CCOCC1C(C)C.CC(C)C1CCOCC1C(C)C.CC(C)C1COCC1C(C)C.CC(C)C1COCCC1(C)C(C)C. The number of hydrogen-bond acceptors (Lipinski definition) is 9. The predicted octanol–water partition coefficient (Wildman–Crippen LogP) is 39.5. The third-order valence-electron chi connectivity index (χ3n) is 42.7. The van der Waals surface area contributed by atoms with E-state index in [1.165, 1.54) is 83.5 Å². The van der Waals surface area contributed by atoms with Gasteiger partial charge in [0.15, 0.2) is 5.79 Å². The standard InChI is InChI=1S/C14H26O2.2C12H24O.C12H22O.2C12H22.C12H24.2C11H22O.C11H22.2C10H20O/c1-10(2)12-5-6-14(15-7-8-16-14)9-13(12)11(3)4;1-9(2)11-8-13-7-6-12(11,5)10(3)4;1-8(2)11-6-7-13-10(5)12(11)9(3)4;1-8(2)11-6-5-10(13)7-12(11)9(3)4;2*1-7(2)10-5-9-6-11(9)12(10)8(3)4;1-9(2)11-7-5-6-8-12(11)10(3)4;2*1-8(2)10-5-6-12-7-11(10)9(3)4;1-8(2)10-6-5-7-11(10)9(3)4;1-7(2)9-5-11-6-10(9)8(3)4;1-7(2)9-5-6-11-10(9)8(3)4/h10-13H,5-9H2,1-4H3;9-11H,6-8H2,1-5H3;8-12H,6-7H2,1-5H3;8-9,11-12H,5-7H2,1-4H3;2*7-12H,5-6H2,1-4H3;9-12H,5-8H2,1-4H3;2*8-11H,5-7H2,1-4H3;8-11H,5-7H2,1-4H3;2*7-10H,5-6H2,1-4H3. The molecule has 7 heterocycles. The molecule has 8 saturated carbocycles. The minimum atomic E-state index is -0.208. The quantitative estimate of drug-likeness (QED) is 0.0937. The fourth-order valence-corrected chi connectivity index (χ4v) is 32.7. The fraction of sp³-hybridized carbons (Fsp3) is 0.993. The van der Waals surface area contributed by atoms with Crippen LogP contribution < -0.4 is 0 Å². The molecule has 0 amide bonds. The molecule has 0 aromatic heterocycles. The summed E-state index contributed by atoms with van der Waals surface area (Å²) in [6, 6.07) is 0. The Bertz CT molecular complexity index is 3040. The predicted molar refractivity (Wildman–Crippen MR) is 645 cm³/mol. The second-order valence-corrected chi connectivity index (χ2v) is 60.8. The van der Waals surface area contributed by atoms with E-state index in [0.717, 1.165) is 390 Å². The number of ketones is 1. The van der Waals surface area contributed by atoms with Crippen molar-refractivity contribution in [3.8, 4) is 0 Å². The molecule has 0 N–H and O–H groups in total. The Kier molecular flexibility index (Phi) is 64.7. The summed E-state index contributed by atoms with van der Waals surface area (Å²) in [7, 11) is 0. The van der Waals surface area contributed by atoms with Crippen molar-refractivity contribution >= 4 is 5.78 Å².